The average Bonchev–Trinajstić information content (AvgIpc) is 3.30. The van der Waals surface area contributed by atoms with Gasteiger partial charge in [0, 0.05) is 41.5 Å². The Kier molecular flexibility index (Phi) is 5.56. The van der Waals surface area contributed by atoms with E-state index < -0.39 is 0 Å². The summed E-state index contributed by atoms with van der Waals surface area (Å²) in [6, 6.07) is 17.0. The number of amides is 1. The van der Waals surface area contributed by atoms with Gasteiger partial charge < -0.3 is 10.6 Å². The second kappa shape index (κ2) is 8.78. The molecule has 0 aliphatic carbocycles. The SMILES string of the molecule is O=C(/C=C/c1ccccc1F)Nc1ccc(Nc2cc(-n3cccn3)ncn2)cc1. The molecule has 2 heterocycles. The quantitative estimate of drug-likeness (QED) is 0.474. The van der Waals surface area contributed by atoms with Crippen LogP contribution in [-0.4, -0.2) is 25.7 Å². The van der Waals surface area contributed by atoms with E-state index in [1.807, 2.05) is 18.2 Å². The smallest absolute Gasteiger partial charge is 0.248 e. The molecule has 2 aromatic heterocycles. The molecule has 0 aliphatic heterocycles. The Morgan fingerprint density at radius 2 is 1.80 bits per heavy atom. The van der Waals surface area contributed by atoms with E-state index in [1.165, 1.54) is 24.5 Å². The zero-order valence-electron chi connectivity index (χ0n) is 15.7. The lowest BCUT2D eigenvalue weighted by Crippen LogP contribution is -2.07. The first kappa shape index (κ1) is 19.0. The van der Waals surface area contributed by atoms with Crippen molar-refractivity contribution in [3.05, 3.63) is 96.8 Å². The summed E-state index contributed by atoms with van der Waals surface area (Å²) in [5.41, 5.74) is 1.76. The Morgan fingerprint density at radius 1 is 1.00 bits per heavy atom. The molecule has 148 valence electrons. The van der Waals surface area contributed by atoms with Gasteiger partial charge in [-0.3, -0.25) is 4.79 Å². The predicted octanol–water partition coefficient (Wildman–Crippen LogP) is 4.20. The Bertz CT molecular complexity index is 1170. The van der Waals surface area contributed by atoms with Gasteiger partial charge in [-0.15, -0.1) is 0 Å². The van der Waals surface area contributed by atoms with Crippen LogP contribution in [0.2, 0.25) is 0 Å². The van der Waals surface area contributed by atoms with E-state index in [2.05, 4.69) is 25.7 Å². The van der Waals surface area contributed by atoms with E-state index in [1.54, 1.807) is 53.5 Å². The number of nitrogens with one attached hydrogen (secondary N) is 2. The summed E-state index contributed by atoms with van der Waals surface area (Å²) in [6.07, 6.45) is 7.66. The van der Waals surface area contributed by atoms with Crippen LogP contribution in [0.25, 0.3) is 11.9 Å². The Hall–Kier alpha value is -4.33. The van der Waals surface area contributed by atoms with Gasteiger partial charge in [0.05, 0.1) is 0 Å². The van der Waals surface area contributed by atoms with E-state index in [4.69, 9.17) is 0 Å². The highest BCUT2D eigenvalue weighted by molar-refractivity contribution is 6.02. The molecule has 2 N–H and O–H groups in total. The van der Waals surface area contributed by atoms with Crippen LogP contribution in [0.3, 0.4) is 0 Å². The maximum atomic E-state index is 13.6. The molecule has 0 radical (unpaired) electrons. The fourth-order valence-corrected chi connectivity index (χ4v) is 2.69. The van der Waals surface area contributed by atoms with Gasteiger partial charge in [0.2, 0.25) is 5.91 Å². The number of hydrogen-bond acceptors (Lipinski definition) is 5. The van der Waals surface area contributed by atoms with E-state index in [-0.39, 0.29) is 11.7 Å². The predicted molar refractivity (Wildman–Crippen MR) is 113 cm³/mol. The second-order valence-corrected chi connectivity index (χ2v) is 6.26. The van der Waals surface area contributed by atoms with Crippen molar-refractivity contribution in [1.82, 2.24) is 19.7 Å². The van der Waals surface area contributed by atoms with Crippen molar-refractivity contribution in [2.24, 2.45) is 0 Å². The zero-order chi connectivity index (χ0) is 20.8. The van der Waals surface area contributed by atoms with Crippen molar-refractivity contribution >= 4 is 29.2 Å². The van der Waals surface area contributed by atoms with Crippen LogP contribution in [0.4, 0.5) is 21.6 Å². The van der Waals surface area contributed by atoms with Crippen molar-refractivity contribution in [2.75, 3.05) is 10.6 Å². The Morgan fingerprint density at radius 3 is 2.57 bits per heavy atom. The molecule has 4 aromatic rings. The molecule has 1 amide bonds. The van der Waals surface area contributed by atoms with Crippen LogP contribution in [0.5, 0.6) is 0 Å². The summed E-state index contributed by atoms with van der Waals surface area (Å²) in [6.45, 7) is 0. The van der Waals surface area contributed by atoms with Crippen LogP contribution in [0, 0.1) is 5.82 Å². The van der Waals surface area contributed by atoms with Gasteiger partial charge in [0.15, 0.2) is 5.82 Å². The minimum absolute atomic E-state index is 0.348. The highest BCUT2D eigenvalue weighted by Crippen LogP contribution is 2.18. The van der Waals surface area contributed by atoms with Gasteiger partial charge >= 0.3 is 0 Å². The third-order valence-corrected chi connectivity index (χ3v) is 4.14. The standard InChI is InChI=1S/C22H17FN6O/c23-19-5-2-1-4-16(19)6-11-22(30)28-18-9-7-17(8-10-18)27-20-14-21(25-15-24-20)29-13-3-12-26-29/h1-15H,(H,28,30)(H,24,25,27)/b11-6+. The molecule has 7 nitrogen and oxygen atoms in total. The van der Waals surface area contributed by atoms with Gasteiger partial charge in [-0.2, -0.15) is 5.10 Å². The molecule has 30 heavy (non-hydrogen) atoms. The number of benzene rings is 2. The second-order valence-electron chi connectivity index (χ2n) is 6.26. The first-order chi connectivity index (χ1) is 14.7. The first-order valence-corrected chi connectivity index (χ1v) is 9.10. The number of halogens is 1. The molecule has 0 fully saturated rings. The molecule has 0 bridgehead atoms. The highest BCUT2D eigenvalue weighted by atomic mass is 19.1. The summed E-state index contributed by atoms with van der Waals surface area (Å²) < 4.78 is 15.2. The normalized spacial score (nSPS) is 10.8. The van der Waals surface area contributed by atoms with Crippen LogP contribution in [-0.2, 0) is 4.79 Å². The summed E-state index contributed by atoms with van der Waals surface area (Å²) in [4.78, 5) is 20.5. The minimum atomic E-state index is -0.377. The molecule has 0 unspecified atom stereocenters. The fraction of sp³-hybridized carbons (Fsp3) is 0. The van der Waals surface area contributed by atoms with Gasteiger partial charge in [-0.1, -0.05) is 18.2 Å². The largest absolute Gasteiger partial charge is 0.340 e. The van der Waals surface area contributed by atoms with Crippen molar-refractivity contribution in [3.8, 4) is 5.82 Å². The molecule has 0 aliphatic rings. The topological polar surface area (TPSA) is 84.7 Å². The van der Waals surface area contributed by atoms with Gasteiger partial charge in [-0.25, -0.2) is 19.0 Å². The summed E-state index contributed by atoms with van der Waals surface area (Å²) in [5, 5.41) is 10.1. The molecule has 0 spiro atoms. The lowest BCUT2D eigenvalue weighted by atomic mass is 10.2. The number of carbonyl (C=O) groups excluding carboxylic acids is 1. The van der Waals surface area contributed by atoms with Crippen LogP contribution in [0.15, 0.2) is 85.5 Å². The number of carbonyl (C=O) groups is 1. The van der Waals surface area contributed by atoms with Gasteiger partial charge in [0.1, 0.15) is 18.0 Å². The number of aromatic nitrogens is 4. The van der Waals surface area contributed by atoms with Crippen molar-refractivity contribution in [1.29, 1.82) is 0 Å². The van der Waals surface area contributed by atoms with Crippen LogP contribution < -0.4 is 10.6 Å². The molecule has 8 heteroatoms. The van der Waals surface area contributed by atoms with Crippen molar-refractivity contribution in [2.45, 2.75) is 0 Å². The Labute approximate surface area is 171 Å². The van der Waals surface area contributed by atoms with E-state index in [0.29, 0.717) is 22.9 Å². The highest BCUT2D eigenvalue weighted by Gasteiger charge is 2.03. The number of rotatable bonds is 6. The van der Waals surface area contributed by atoms with E-state index >= 15 is 0 Å². The van der Waals surface area contributed by atoms with Crippen LogP contribution in [0.1, 0.15) is 5.56 Å². The molecule has 0 saturated heterocycles. The van der Waals surface area contributed by atoms with Gasteiger partial charge in [0.25, 0.3) is 0 Å². The maximum absolute atomic E-state index is 13.6. The monoisotopic (exact) mass is 400 g/mol. The summed E-state index contributed by atoms with van der Waals surface area (Å²) in [7, 11) is 0. The molecule has 4 rings (SSSR count). The average molecular weight is 400 g/mol. The molecular formula is C22H17FN6O. The fourth-order valence-electron chi connectivity index (χ4n) is 2.69. The molecule has 0 atom stereocenters. The molecular weight excluding hydrogens is 383 g/mol. The van der Waals surface area contributed by atoms with Crippen molar-refractivity contribution in [3.63, 3.8) is 0 Å². The van der Waals surface area contributed by atoms with E-state index in [9.17, 15) is 9.18 Å². The number of hydrogen-bond donors (Lipinski definition) is 2. The van der Waals surface area contributed by atoms with E-state index in [0.717, 1.165) is 5.69 Å². The lowest BCUT2D eigenvalue weighted by Gasteiger charge is -2.08. The van der Waals surface area contributed by atoms with Gasteiger partial charge in [-0.05, 0) is 42.5 Å². The number of nitrogens with zero attached hydrogens (tertiary/aromatic N) is 4. The Balaban J connectivity index is 1.38. The lowest BCUT2D eigenvalue weighted by molar-refractivity contribution is -0.111. The number of anilines is 3. The molecule has 0 saturated carbocycles. The maximum Gasteiger partial charge on any atom is 0.248 e. The summed E-state index contributed by atoms with van der Waals surface area (Å²) >= 11 is 0. The minimum Gasteiger partial charge on any atom is -0.340 e. The van der Waals surface area contributed by atoms with Crippen molar-refractivity contribution < 1.29 is 9.18 Å². The first-order valence-electron chi connectivity index (χ1n) is 9.10. The molecule has 2 aromatic carbocycles. The third kappa shape index (κ3) is 4.74. The zero-order valence-corrected chi connectivity index (χ0v) is 15.7. The third-order valence-electron chi connectivity index (χ3n) is 4.14. The van der Waals surface area contributed by atoms with Crippen LogP contribution >= 0.6 is 0 Å². The summed E-state index contributed by atoms with van der Waals surface area (Å²) in [5.74, 6) is 0.527.